The first-order valence-electron chi connectivity index (χ1n) is 11.6. The molecule has 2 heterocycles. The summed E-state index contributed by atoms with van der Waals surface area (Å²) in [4.78, 5) is 13.7. The number of ether oxygens (including phenoxy) is 3. The van der Waals surface area contributed by atoms with Gasteiger partial charge in [-0.25, -0.2) is 4.98 Å². The van der Waals surface area contributed by atoms with Crippen LogP contribution in [0.2, 0.25) is 0 Å². The average Bonchev–Trinajstić information content (AvgIpc) is 2.85. The summed E-state index contributed by atoms with van der Waals surface area (Å²) in [6, 6.07) is 7.18. The van der Waals surface area contributed by atoms with Gasteiger partial charge >= 0.3 is 7.12 Å². The molecule has 0 bridgehead atoms. The van der Waals surface area contributed by atoms with E-state index in [1.54, 1.807) is 27.4 Å². The summed E-state index contributed by atoms with van der Waals surface area (Å²) in [6.45, 7) is 5.12. The van der Waals surface area contributed by atoms with Crippen molar-refractivity contribution < 1.29 is 24.3 Å². The van der Waals surface area contributed by atoms with Gasteiger partial charge < -0.3 is 34.9 Å². The van der Waals surface area contributed by atoms with Crippen LogP contribution in [0, 0.1) is 0 Å². The topological polar surface area (TPSA) is 131 Å². The van der Waals surface area contributed by atoms with Crippen molar-refractivity contribution in [2.75, 3.05) is 38.6 Å². The summed E-state index contributed by atoms with van der Waals surface area (Å²) in [5, 5.41) is 26.0. The zero-order valence-electron chi connectivity index (χ0n) is 21.0. The number of nitrogens with zero attached hydrogens (tertiary/aromatic N) is 3. The molecule has 0 radical (unpaired) electrons. The zero-order chi connectivity index (χ0) is 25.4. The maximum atomic E-state index is 9.63. The van der Waals surface area contributed by atoms with Crippen LogP contribution in [0.15, 0.2) is 30.5 Å². The van der Waals surface area contributed by atoms with E-state index in [4.69, 9.17) is 19.2 Å². The van der Waals surface area contributed by atoms with Crippen molar-refractivity contribution in [1.82, 2.24) is 15.0 Å². The van der Waals surface area contributed by atoms with Crippen LogP contribution in [0.1, 0.15) is 38.7 Å². The summed E-state index contributed by atoms with van der Waals surface area (Å²) >= 11 is 0. The van der Waals surface area contributed by atoms with E-state index in [9.17, 15) is 10.0 Å². The monoisotopic (exact) mass is 483 g/mol. The number of hydrogen-bond acceptors (Lipinski definition) is 10. The molecule has 0 aliphatic heterocycles. The van der Waals surface area contributed by atoms with E-state index in [1.165, 1.54) is 6.20 Å². The number of pyridine rings is 1. The van der Waals surface area contributed by atoms with Gasteiger partial charge in [-0.1, -0.05) is 19.8 Å². The molecule has 10 nitrogen and oxygen atoms in total. The van der Waals surface area contributed by atoms with E-state index in [1.807, 2.05) is 18.2 Å². The van der Waals surface area contributed by atoms with E-state index in [-0.39, 0.29) is 11.0 Å². The quantitative estimate of drug-likeness (QED) is 0.269. The highest BCUT2D eigenvalue weighted by atomic mass is 16.5. The van der Waals surface area contributed by atoms with Crippen molar-refractivity contribution in [2.45, 2.75) is 45.2 Å². The number of benzene rings is 1. The molecule has 1 atom stereocenters. The SMILES string of the molecule is CCCCC(C)(COC)Nc1nc(NCc2ccc(OC)cc2OC)nc2cc(B(O)O)cnc12. The molecule has 2 aromatic heterocycles. The lowest BCUT2D eigenvalue weighted by Crippen LogP contribution is -2.40. The van der Waals surface area contributed by atoms with Crippen molar-refractivity contribution in [2.24, 2.45) is 0 Å². The molecular formula is C24H34BN5O5. The van der Waals surface area contributed by atoms with E-state index >= 15 is 0 Å². The van der Waals surface area contributed by atoms with Gasteiger partial charge in [0.25, 0.3) is 0 Å². The first-order chi connectivity index (χ1) is 16.8. The van der Waals surface area contributed by atoms with E-state index < -0.39 is 7.12 Å². The molecule has 1 unspecified atom stereocenters. The minimum absolute atomic E-state index is 0.246. The van der Waals surface area contributed by atoms with Gasteiger partial charge in [0, 0.05) is 36.9 Å². The third kappa shape index (κ3) is 6.71. The molecule has 3 rings (SSSR count). The minimum Gasteiger partial charge on any atom is -0.497 e. The Balaban J connectivity index is 1.98. The van der Waals surface area contributed by atoms with E-state index in [0.29, 0.717) is 47.5 Å². The lowest BCUT2D eigenvalue weighted by atomic mass is 9.81. The van der Waals surface area contributed by atoms with Crippen LogP contribution in [0.5, 0.6) is 11.5 Å². The van der Waals surface area contributed by atoms with Crippen LogP contribution in [-0.4, -0.2) is 65.6 Å². The van der Waals surface area contributed by atoms with Gasteiger partial charge in [0.2, 0.25) is 5.95 Å². The highest BCUT2D eigenvalue weighted by molar-refractivity contribution is 6.58. The average molecular weight is 483 g/mol. The number of nitrogens with one attached hydrogen (secondary N) is 2. The van der Waals surface area contributed by atoms with Gasteiger partial charge in [-0.2, -0.15) is 4.98 Å². The van der Waals surface area contributed by atoms with Gasteiger partial charge in [-0.05, 0) is 31.5 Å². The number of methoxy groups -OCH3 is 3. The molecular weight excluding hydrogens is 449 g/mol. The highest BCUT2D eigenvalue weighted by Crippen LogP contribution is 2.28. The van der Waals surface area contributed by atoms with Gasteiger partial charge in [0.05, 0.1) is 31.9 Å². The Kier molecular flexibility index (Phi) is 9.08. The Morgan fingerprint density at radius 2 is 1.89 bits per heavy atom. The minimum atomic E-state index is -1.65. The van der Waals surface area contributed by atoms with Gasteiger partial charge in [-0.15, -0.1) is 0 Å². The molecule has 3 aromatic rings. The Labute approximate surface area is 206 Å². The predicted octanol–water partition coefficient (Wildman–Crippen LogP) is 2.34. The van der Waals surface area contributed by atoms with E-state index in [0.717, 1.165) is 24.8 Å². The second-order valence-electron chi connectivity index (χ2n) is 8.66. The Morgan fingerprint density at radius 1 is 1.09 bits per heavy atom. The second-order valence-corrected chi connectivity index (χ2v) is 8.66. The van der Waals surface area contributed by atoms with Crippen molar-refractivity contribution in [1.29, 1.82) is 0 Å². The molecule has 0 saturated heterocycles. The molecule has 0 amide bonds. The van der Waals surface area contributed by atoms with Crippen LogP contribution < -0.4 is 25.6 Å². The fraction of sp³-hybridized carbons (Fsp3) is 0.458. The third-order valence-corrected chi connectivity index (χ3v) is 5.75. The fourth-order valence-corrected chi connectivity index (χ4v) is 3.86. The van der Waals surface area contributed by atoms with Crippen molar-refractivity contribution in [3.63, 3.8) is 0 Å². The van der Waals surface area contributed by atoms with Crippen molar-refractivity contribution >= 4 is 35.4 Å². The highest BCUT2D eigenvalue weighted by Gasteiger charge is 2.26. The molecule has 0 fully saturated rings. The molecule has 0 saturated carbocycles. The molecule has 1 aromatic carbocycles. The number of aromatic nitrogens is 3. The van der Waals surface area contributed by atoms with Crippen molar-refractivity contribution in [3.05, 3.63) is 36.0 Å². The molecule has 188 valence electrons. The predicted molar refractivity (Wildman–Crippen MR) is 137 cm³/mol. The third-order valence-electron chi connectivity index (χ3n) is 5.75. The first kappa shape index (κ1) is 26.5. The van der Waals surface area contributed by atoms with Gasteiger partial charge in [0.1, 0.15) is 17.0 Å². The largest absolute Gasteiger partial charge is 0.497 e. The normalized spacial score (nSPS) is 12.8. The number of hydrogen-bond donors (Lipinski definition) is 4. The van der Waals surface area contributed by atoms with Crippen LogP contribution in [0.25, 0.3) is 11.0 Å². The lowest BCUT2D eigenvalue weighted by Gasteiger charge is -2.31. The molecule has 0 spiro atoms. The molecule has 35 heavy (non-hydrogen) atoms. The summed E-state index contributed by atoms with van der Waals surface area (Å²) < 4.78 is 16.2. The van der Waals surface area contributed by atoms with Crippen LogP contribution in [-0.2, 0) is 11.3 Å². The Bertz CT molecular complexity index is 1130. The summed E-state index contributed by atoms with van der Waals surface area (Å²) in [7, 11) is 3.23. The number of fused-ring (bicyclic) bond motifs is 1. The van der Waals surface area contributed by atoms with Gasteiger partial charge in [0.15, 0.2) is 5.82 Å². The number of anilines is 2. The Hall–Kier alpha value is -3.15. The van der Waals surface area contributed by atoms with E-state index in [2.05, 4.69) is 34.4 Å². The Morgan fingerprint density at radius 3 is 2.54 bits per heavy atom. The number of unbranched alkanes of at least 4 members (excludes halogenated alkanes) is 1. The fourth-order valence-electron chi connectivity index (χ4n) is 3.86. The van der Waals surface area contributed by atoms with Gasteiger partial charge in [-0.3, -0.25) is 4.98 Å². The van der Waals surface area contributed by atoms with Crippen molar-refractivity contribution in [3.8, 4) is 11.5 Å². The molecule has 0 aliphatic rings. The molecule has 0 aliphatic carbocycles. The summed E-state index contributed by atoms with van der Waals surface area (Å²) in [5.41, 5.74) is 1.78. The summed E-state index contributed by atoms with van der Waals surface area (Å²) in [5.74, 6) is 2.27. The second kappa shape index (κ2) is 12.0. The smallest absolute Gasteiger partial charge is 0.490 e. The lowest BCUT2D eigenvalue weighted by molar-refractivity contribution is 0.144. The molecule has 11 heteroatoms. The maximum absolute atomic E-state index is 9.63. The molecule has 4 N–H and O–H groups in total. The van der Waals surface area contributed by atoms with Crippen LogP contribution >= 0.6 is 0 Å². The first-order valence-corrected chi connectivity index (χ1v) is 11.6. The summed E-state index contributed by atoms with van der Waals surface area (Å²) in [6.07, 6.45) is 4.36. The zero-order valence-corrected chi connectivity index (χ0v) is 21.0. The number of rotatable bonds is 13. The maximum Gasteiger partial charge on any atom is 0.490 e. The van der Waals surface area contributed by atoms with Crippen LogP contribution in [0.4, 0.5) is 11.8 Å². The van der Waals surface area contributed by atoms with Crippen LogP contribution in [0.3, 0.4) is 0 Å². The standard InChI is InChI=1S/C24H34BN5O5/c1-6-7-10-24(2,15-33-3)30-22-21-19(11-17(14-26-21)25(31)32)28-23(29-22)27-13-16-8-9-18(34-4)12-20(16)35-5/h8-9,11-12,14,31-32H,6-7,10,13,15H2,1-5H3,(H2,27,28,29,30).